The number of nitrogens with one attached hydrogen (secondary N) is 1. The summed E-state index contributed by atoms with van der Waals surface area (Å²) in [6, 6.07) is 12.1. The highest BCUT2D eigenvalue weighted by Crippen LogP contribution is 2.32. The maximum atomic E-state index is 9.70. The number of aromatic nitrogens is 3. The van der Waals surface area contributed by atoms with Gasteiger partial charge >= 0.3 is 0 Å². The molecular formula is C16H14N4O2. The number of rotatable bonds is 1. The largest absolute Gasteiger partial charge is 0.508 e. The quantitative estimate of drug-likeness (QED) is 0.641. The fourth-order valence-electron chi connectivity index (χ4n) is 2.73. The van der Waals surface area contributed by atoms with Gasteiger partial charge in [-0.3, -0.25) is 4.57 Å². The first-order valence-corrected chi connectivity index (χ1v) is 7.03. The van der Waals surface area contributed by atoms with Crippen molar-refractivity contribution in [2.24, 2.45) is 0 Å². The summed E-state index contributed by atoms with van der Waals surface area (Å²) in [5.41, 5.74) is 2.51. The van der Waals surface area contributed by atoms with Crippen LogP contribution < -0.4 is 5.32 Å². The van der Waals surface area contributed by atoms with E-state index in [1.807, 2.05) is 16.7 Å². The number of hydrogen-bond donors (Lipinski definition) is 3. The van der Waals surface area contributed by atoms with Crippen LogP contribution in [0.1, 0.15) is 5.82 Å². The molecule has 0 unspecified atom stereocenters. The molecule has 3 N–H and O–H groups in total. The fourth-order valence-corrected chi connectivity index (χ4v) is 2.73. The van der Waals surface area contributed by atoms with Gasteiger partial charge in [-0.15, -0.1) is 10.2 Å². The molecule has 22 heavy (non-hydrogen) atoms. The van der Waals surface area contributed by atoms with Gasteiger partial charge in [-0.1, -0.05) is 12.1 Å². The van der Waals surface area contributed by atoms with Crippen molar-refractivity contribution >= 4 is 5.69 Å². The second-order valence-electron chi connectivity index (χ2n) is 5.20. The predicted octanol–water partition coefficient (Wildman–Crippen LogP) is 2.31. The number of anilines is 1. The Morgan fingerprint density at radius 3 is 2.73 bits per heavy atom. The lowest BCUT2D eigenvalue weighted by molar-refractivity contribution is 0.475. The van der Waals surface area contributed by atoms with Crippen molar-refractivity contribution in [3.05, 3.63) is 48.3 Å². The van der Waals surface area contributed by atoms with Crippen LogP contribution in [0.5, 0.6) is 11.5 Å². The van der Waals surface area contributed by atoms with Gasteiger partial charge in [0, 0.05) is 24.6 Å². The second kappa shape index (κ2) is 4.77. The molecule has 1 aromatic heterocycles. The lowest BCUT2D eigenvalue weighted by Crippen LogP contribution is -2.03. The third kappa shape index (κ3) is 1.96. The maximum Gasteiger partial charge on any atom is 0.168 e. The zero-order valence-corrected chi connectivity index (χ0v) is 11.7. The van der Waals surface area contributed by atoms with E-state index in [1.54, 1.807) is 30.3 Å². The van der Waals surface area contributed by atoms with E-state index in [-0.39, 0.29) is 11.5 Å². The fraction of sp³-hybridized carbons (Fsp3) is 0.125. The first kappa shape index (κ1) is 12.7. The molecule has 0 atom stereocenters. The van der Waals surface area contributed by atoms with Crippen molar-refractivity contribution < 1.29 is 10.2 Å². The van der Waals surface area contributed by atoms with Gasteiger partial charge in [-0.2, -0.15) is 0 Å². The van der Waals surface area contributed by atoms with Crippen LogP contribution in [0.15, 0.2) is 42.5 Å². The highest BCUT2D eigenvalue weighted by atomic mass is 16.3. The van der Waals surface area contributed by atoms with Crippen LogP contribution in [0, 0.1) is 0 Å². The van der Waals surface area contributed by atoms with Gasteiger partial charge in [-0.25, -0.2) is 0 Å². The van der Waals surface area contributed by atoms with E-state index >= 15 is 0 Å². The average Bonchev–Trinajstić information content (AvgIpc) is 2.83. The minimum atomic E-state index is 0.188. The van der Waals surface area contributed by atoms with E-state index in [2.05, 4.69) is 15.5 Å². The van der Waals surface area contributed by atoms with Gasteiger partial charge in [0.2, 0.25) is 0 Å². The Balaban J connectivity index is 1.96. The van der Waals surface area contributed by atoms with Gasteiger partial charge in [0.15, 0.2) is 5.82 Å². The van der Waals surface area contributed by atoms with E-state index < -0.39 is 0 Å². The lowest BCUT2D eigenvalue weighted by Gasteiger charge is -2.12. The van der Waals surface area contributed by atoms with Crippen molar-refractivity contribution in [3.8, 4) is 28.6 Å². The van der Waals surface area contributed by atoms with Crippen LogP contribution >= 0.6 is 0 Å². The molecule has 2 heterocycles. The molecule has 0 amide bonds. The normalized spacial score (nSPS) is 12.9. The monoisotopic (exact) mass is 294 g/mol. The molecule has 1 aliphatic rings. The second-order valence-corrected chi connectivity index (χ2v) is 5.20. The summed E-state index contributed by atoms with van der Waals surface area (Å²) >= 11 is 0. The van der Waals surface area contributed by atoms with Crippen molar-refractivity contribution in [2.45, 2.75) is 6.42 Å². The Hall–Kier alpha value is -3.02. The number of hydrogen-bond acceptors (Lipinski definition) is 5. The number of nitrogens with zero attached hydrogens (tertiary/aromatic N) is 3. The zero-order chi connectivity index (χ0) is 15.1. The topological polar surface area (TPSA) is 83.2 Å². The molecule has 0 saturated heterocycles. The van der Waals surface area contributed by atoms with Crippen LogP contribution in [0.3, 0.4) is 0 Å². The molecule has 0 saturated carbocycles. The SMILES string of the molecule is Oc1cccc(-c2nnc3n2-c2ccc(O)cc2NCC3)c1. The Morgan fingerprint density at radius 1 is 1.00 bits per heavy atom. The Bertz CT molecular complexity index is 857. The first-order valence-electron chi connectivity index (χ1n) is 7.03. The van der Waals surface area contributed by atoms with Crippen molar-refractivity contribution in [3.63, 3.8) is 0 Å². The zero-order valence-electron chi connectivity index (χ0n) is 11.7. The molecule has 1 aliphatic heterocycles. The van der Waals surface area contributed by atoms with Crippen LogP contribution in [-0.4, -0.2) is 31.5 Å². The standard InChI is InChI=1S/C16H14N4O2/c21-11-3-1-2-10(8-11)16-19-18-15-6-7-17-13-9-12(22)4-5-14(13)20(15)16/h1-5,8-9,17,21-22H,6-7H2. The third-order valence-corrected chi connectivity index (χ3v) is 3.72. The Labute approximate surface area is 126 Å². The third-order valence-electron chi connectivity index (χ3n) is 3.72. The summed E-state index contributed by atoms with van der Waals surface area (Å²) in [4.78, 5) is 0. The molecule has 0 aliphatic carbocycles. The Morgan fingerprint density at radius 2 is 1.86 bits per heavy atom. The predicted molar refractivity (Wildman–Crippen MR) is 82.3 cm³/mol. The lowest BCUT2D eigenvalue weighted by atomic mass is 10.2. The summed E-state index contributed by atoms with van der Waals surface area (Å²) in [7, 11) is 0. The van der Waals surface area contributed by atoms with Gasteiger partial charge < -0.3 is 15.5 Å². The smallest absolute Gasteiger partial charge is 0.168 e. The van der Waals surface area contributed by atoms with Crippen molar-refractivity contribution in [1.29, 1.82) is 0 Å². The molecule has 4 rings (SSSR count). The maximum absolute atomic E-state index is 9.70. The molecular weight excluding hydrogens is 280 g/mol. The van der Waals surface area contributed by atoms with Crippen molar-refractivity contribution in [2.75, 3.05) is 11.9 Å². The van der Waals surface area contributed by atoms with Crippen LogP contribution in [-0.2, 0) is 6.42 Å². The summed E-state index contributed by atoms with van der Waals surface area (Å²) in [5, 5.41) is 31.2. The molecule has 110 valence electrons. The van der Waals surface area contributed by atoms with E-state index in [0.29, 0.717) is 12.4 Å². The van der Waals surface area contributed by atoms with Gasteiger partial charge in [-0.05, 0) is 24.3 Å². The number of benzene rings is 2. The molecule has 0 bridgehead atoms. The highest BCUT2D eigenvalue weighted by Gasteiger charge is 2.20. The van der Waals surface area contributed by atoms with Gasteiger partial charge in [0.1, 0.15) is 17.3 Å². The van der Waals surface area contributed by atoms with E-state index in [4.69, 9.17) is 0 Å². The van der Waals surface area contributed by atoms with E-state index in [0.717, 1.165) is 29.2 Å². The minimum absolute atomic E-state index is 0.188. The Kier molecular flexibility index (Phi) is 2.75. The van der Waals surface area contributed by atoms with Crippen molar-refractivity contribution in [1.82, 2.24) is 14.8 Å². The van der Waals surface area contributed by atoms with Gasteiger partial charge in [0.05, 0.1) is 11.4 Å². The molecule has 6 heteroatoms. The summed E-state index contributed by atoms with van der Waals surface area (Å²) < 4.78 is 1.96. The van der Waals surface area contributed by atoms with E-state index in [9.17, 15) is 10.2 Å². The average molecular weight is 294 g/mol. The number of phenols is 2. The summed E-state index contributed by atoms with van der Waals surface area (Å²) in [6.45, 7) is 0.717. The van der Waals surface area contributed by atoms with Gasteiger partial charge in [0.25, 0.3) is 0 Å². The van der Waals surface area contributed by atoms with Crippen LogP contribution in [0.25, 0.3) is 17.1 Å². The molecule has 0 fully saturated rings. The number of fused-ring (bicyclic) bond motifs is 3. The van der Waals surface area contributed by atoms with Crippen LogP contribution in [0.2, 0.25) is 0 Å². The number of aromatic hydroxyl groups is 2. The molecule has 6 nitrogen and oxygen atoms in total. The summed E-state index contributed by atoms with van der Waals surface area (Å²) in [5.74, 6) is 1.91. The van der Waals surface area contributed by atoms with E-state index in [1.165, 1.54) is 0 Å². The molecule has 0 spiro atoms. The number of phenolic OH excluding ortho intramolecular Hbond substituents is 2. The molecule has 0 radical (unpaired) electrons. The first-order chi connectivity index (χ1) is 10.7. The summed E-state index contributed by atoms with van der Waals surface area (Å²) in [6.07, 6.45) is 0.723. The minimum Gasteiger partial charge on any atom is -0.508 e. The highest BCUT2D eigenvalue weighted by molar-refractivity contribution is 5.69. The van der Waals surface area contributed by atoms with Crippen LogP contribution in [0.4, 0.5) is 5.69 Å². The molecule has 3 aromatic rings. The molecule has 2 aromatic carbocycles.